The molecule has 0 radical (unpaired) electrons. The molecule has 10 nitrogen and oxygen atoms in total. The highest BCUT2D eigenvalue weighted by molar-refractivity contribution is 6.27. The minimum Gasteiger partial charge on any atom is -0.473 e. The largest absolute Gasteiger partial charge is 0.473 e. The quantitative estimate of drug-likeness (QED) is 0.504. The highest BCUT2D eigenvalue weighted by Crippen LogP contribution is 2.13. The average molecular weight is 358 g/mol. The molecule has 0 spiro atoms. The van der Waals surface area contributed by atoms with Crippen LogP contribution in [-0.2, 0) is 14.4 Å². The average Bonchev–Trinajstić information content (AvgIpc) is 2.82. The number of rotatable bonds is 7. The van der Waals surface area contributed by atoms with E-state index >= 15 is 0 Å². The van der Waals surface area contributed by atoms with Crippen molar-refractivity contribution in [2.45, 2.75) is 20.8 Å². The summed E-state index contributed by atoms with van der Waals surface area (Å²) in [6.07, 6.45) is 0. The summed E-state index contributed by atoms with van der Waals surface area (Å²) in [5, 5.41) is 24.3. The zero-order chi connectivity index (χ0) is 19.6. The molecule has 1 heterocycles. The molecule has 0 saturated heterocycles. The lowest BCUT2D eigenvalue weighted by atomic mass is 9.93. The van der Waals surface area contributed by atoms with Gasteiger partial charge in [-0.05, 0) is 26.4 Å². The predicted octanol–water partition coefficient (Wildman–Crippen LogP) is 0.255. The molecule has 0 bridgehead atoms. The normalized spacial score (nSPS) is 10.8. The SMILES string of the molecule is Cc1cc(NC(=O)CNCC(C)(C)CN(C)C)no1.O=C(O)C(=O)O. The number of carboxylic acid groups (broad SMARTS) is 2. The van der Waals surface area contributed by atoms with Gasteiger partial charge in [-0.15, -0.1) is 0 Å². The third kappa shape index (κ3) is 11.7. The third-order valence-electron chi connectivity index (χ3n) is 2.71. The van der Waals surface area contributed by atoms with Crippen LogP contribution in [0.1, 0.15) is 19.6 Å². The van der Waals surface area contributed by atoms with E-state index in [2.05, 4.69) is 34.5 Å². The maximum atomic E-state index is 11.7. The van der Waals surface area contributed by atoms with E-state index < -0.39 is 11.9 Å². The van der Waals surface area contributed by atoms with E-state index in [0.717, 1.165) is 13.1 Å². The molecule has 1 aromatic rings. The molecule has 0 aromatic carbocycles. The summed E-state index contributed by atoms with van der Waals surface area (Å²) in [6.45, 7) is 8.12. The zero-order valence-electron chi connectivity index (χ0n) is 15.1. The molecule has 4 N–H and O–H groups in total. The van der Waals surface area contributed by atoms with Crippen LogP contribution in [0, 0.1) is 12.3 Å². The monoisotopic (exact) mass is 358 g/mol. The van der Waals surface area contributed by atoms with Crippen molar-refractivity contribution in [2.75, 3.05) is 39.0 Å². The van der Waals surface area contributed by atoms with Crippen LogP contribution in [0.3, 0.4) is 0 Å². The first-order chi connectivity index (χ1) is 11.4. The van der Waals surface area contributed by atoms with E-state index in [-0.39, 0.29) is 17.9 Å². The van der Waals surface area contributed by atoms with Gasteiger partial charge in [-0.25, -0.2) is 9.59 Å². The third-order valence-corrected chi connectivity index (χ3v) is 2.71. The Morgan fingerprint density at radius 3 is 2.20 bits per heavy atom. The van der Waals surface area contributed by atoms with Crippen LogP contribution in [0.5, 0.6) is 0 Å². The predicted molar refractivity (Wildman–Crippen MR) is 90.3 cm³/mol. The molecule has 0 fully saturated rings. The molecule has 0 unspecified atom stereocenters. The smallest absolute Gasteiger partial charge is 0.414 e. The lowest BCUT2D eigenvalue weighted by Crippen LogP contribution is -2.40. The number of nitrogens with zero attached hydrogens (tertiary/aromatic N) is 2. The van der Waals surface area contributed by atoms with E-state index in [1.165, 1.54) is 0 Å². The summed E-state index contributed by atoms with van der Waals surface area (Å²) >= 11 is 0. The lowest BCUT2D eigenvalue weighted by Gasteiger charge is -2.28. The molecule has 0 aliphatic carbocycles. The van der Waals surface area contributed by atoms with E-state index in [4.69, 9.17) is 24.3 Å². The van der Waals surface area contributed by atoms with Gasteiger partial charge in [-0.3, -0.25) is 4.79 Å². The Kier molecular flexibility index (Phi) is 9.39. The number of aliphatic carboxylic acids is 2. The van der Waals surface area contributed by atoms with Gasteiger partial charge >= 0.3 is 11.9 Å². The number of carbonyl (C=O) groups is 3. The fraction of sp³-hybridized carbons (Fsp3) is 0.600. The number of nitrogens with one attached hydrogen (secondary N) is 2. The Hall–Kier alpha value is -2.46. The Morgan fingerprint density at radius 1 is 1.24 bits per heavy atom. The van der Waals surface area contributed by atoms with Crippen LogP contribution < -0.4 is 10.6 Å². The van der Waals surface area contributed by atoms with Crippen molar-refractivity contribution in [1.29, 1.82) is 0 Å². The molecule has 0 atom stereocenters. The standard InChI is InChI=1S/C13H24N4O2.C2H2O4/c1-10-6-11(16-19-10)15-12(18)7-14-8-13(2,3)9-17(4)5;3-1(4)2(5)6/h6,14H,7-9H2,1-5H3,(H,15,16,18);(H,3,4)(H,5,6). The number of carbonyl (C=O) groups excluding carboxylic acids is 1. The van der Waals surface area contributed by atoms with Crippen LogP contribution in [0.2, 0.25) is 0 Å². The first-order valence-corrected chi connectivity index (χ1v) is 7.48. The Morgan fingerprint density at radius 2 is 1.80 bits per heavy atom. The topological polar surface area (TPSA) is 145 Å². The number of aromatic nitrogens is 1. The fourth-order valence-corrected chi connectivity index (χ4v) is 2.04. The van der Waals surface area contributed by atoms with Gasteiger partial charge in [0.2, 0.25) is 5.91 Å². The number of carboxylic acids is 2. The van der Waals surface area contributed by atoms with Crippen molar-refractivity contribution < 1.29 is 29.1 Å². The molecule has 10 heteroatoms. The number of aryl methyl sites for hydroxylation is 1. The molecular weight excluding hydrogens is 332 g/mol. The molecule has 1 amide bonds. The van der Waals surface area contributed by atoms with Crippen LogP contribution in [0.25, 0.3) is 0 Å². The van der Waals surface area contributed by atoms with Crippen LogP contribution in [-0.4, -0.2) is 71.8 Å². The molecule has 142 valence electrons. The summed E-state index contributed by atoms with van der Waals surface area (Å²) in [6, 6.07) is 1.69. The molecular formula is C15H26N4O6. The Labute approximate surface area is 146 Å². The summed E-state index contributed by atoms with van der Waals surface area (Å²) in [5.74, 6) is -2.63. The van der Waals surface area contributed by atoms with Gasteiger partial charge in [-0.1, -0.05) is 19.0 Å². The fourth-order valence-electron chi connectivity index (χ4n) is 2.04. The van der Waals surface area contributed by atoms with Gasteiger partial charge in [-0.2, -0.15) is 0 Å². The summed E-state index contributed by atoms with van der Waals surface area (Å²) < 4.78 is 4.88. The summed E-state index contributed by atoms with van der Waals surface area (Å²) in [7, 11) is 4.09. The van der Waals surface area contributed by atoms with Crippen molar-refractivity contribution >= 4 is 23.7 Å². The van der Waals surface area contributed by atoms with E-state index in [1.54, 1.807) is 13.0 Å². The van der Waals surface area contributed by atoms with Crippen molar-refractivity contribution in [3.8, 4) is 0 Å². The van der Waals surface area contributed by atoms with Crippen molar-refractivity contribution in [3.05, 3.63) is 11.8 Å². The van der Waals surface area contributed by atoms with Gasteiger partial charge in [0.25, 0.3) is 0 Å². The highest BCUT2D eigenvalue weighted by atomic mass is 16.5. The molecule has 0 aliphatic rings. The van der Waals surface area contributed by atoms with Gasteiger partial charge in [0.15, 0.2) is 5.82 Å². The lowest BCUT2D eigenvalue weighted by molar-refractivity contribution is -0.159. The van der Waals surface area contributed by atoms with E-state index in [9.17, 15) is 4.79 Å². The first kappa shape index (κ1) is 22.5. The molecule has 1 aromatic heterocycles. The van der Waals surface area contributed by atoms with Crippen LogP contribution in [0.4, 0.5) is 5.82 Å². The van der Waals surface area contributed by atoms with Gasteiger partial charge in [0.05, 0.1) is 6.54 Å². The summed E-state index contributed by atoms with van der Waals surface area (Å²) in [5.41, 5.74) is 0.119. The molecule has 1 rings (SSSR count). The van der Waals surface area contributed by atoms with Gasteiger partial charge < -0.3 is 30.3 Å². The highest BCUT2D eigenvalue weighted by Gasteiger charge is 2.18. The molecule has 0 saturated carbocycles. The number of anilines is 1. The summed E-state index contributed by atoms with van der Waals surface area (Å²) in [4.78, 5) is 32.0. The minimum atomic E-state index is -1.82. The number of hydrogen-bond acceptors (Lipinski definition) is 7. The second-order valence-electron chi connectivity index (χ2n) is 6.49. The van der Waals surface area contributed by atoms with Crippen molar-refractivity contribution in [1.82, 2.24) is 15.4 Å². The molecule has 0 aliphatic heterocycles. The minimum absolute atomic E-state index is 0.117. The Balaban J connectivity index is 0.000000823. The van der Waals surface area contributed by atoms with E-state index in [1.807, 2.05) is 14.1 Å². The molecule has 25 heavy (non-hydrogen) atoms. The number of hydrogen-bond donors (Lipinski definition) is 4. The first-order valence-electron chi connectivity index (χ1n) is 7.48. The van der Waals surface area contributed by atoms with Crippen LogP contribution in [0.15, 0.2) is 10.6 Å². The van der Waals surface area contributed by atoms with E-state index in [0.29, 0.717) is 11.6 Å². The number of amides is 1. The van der Waals surface area contributed by atoms with Crippen molar-refractivity contribution in [3.63, 3.8) is 0 Å². The second kappa shape index (κ2) is 10.4. The van der Waals surface area contributed by atoms with Crippen LogP contribution >= 0.6 is 0 Å². The maximum absolute atomic E-state index is 11.7. The Bertz CT molecular complexity index is 570. The maximum Gasteiger partial charge on any atom is 0.414 e. The second-order valence-corrected chi connectivity index (χ2v) is 6.49. The van der Waals surface area contributed by atoms with Crippen molar-refractivity contribution in [2.24, 2.45) is 5.41 Å². The zero-order valence-corrected chi connectivity index (χ0v) is 15.1. The van der Waals surface area contributed by atoms with Gasteiger partial charge in [0, 0.05) is 19.2 Å². The van der Waals surface area contributed by atoms with Gasteiger partial charge in [0.1, 0.15) is 5.76 Å².